The average molecular weight is 669 g/mol. The number of hydrogen-bond donors (Lipinski definition) is 1. The van der Waals surface area contributed by atoms with Crippen molar-refractivity contribution in [2.24, 2.45) is 0 Å². The summed E-state index contributed by atoms with van der Waals surface area (Å²) in [6, 6.07) is 28.8. The maximum atomic E-state index is 14.7. The van der Waals surface area contributed by atoms with Crippen molar-refractivity contribution in [3.8, 4) is 0 Å². The fourth-order valence-electron chi connectivity index (χ4n) is 6.06. The highest BCUT2D eigenvalue weighted by atomic mass is 32.2. The molecule has 0 spiro atoms. The maximum Gasteiger partial charge on any atom is 0.269 e. The molecule has 1 saturated carbocycles. The molecule has 0 aliphatic heterocycles. The number of hydrogen-bond acceptors (Lipinski definition) is 6. The smallest absolute Gasteiger partial charge is 0.269 e. The summed E-state index contributed by atoms with van der Waals surface area (Å²) < 4.78 is 29.2. The van der Waals surface area contributed by atoms with Gasteiger partial charge in [-0.2, -0.15) is 0 Å². The zero-order valence-electron chi connectivity index (χ0n) is 26.9. The van der Waals surface area contributed by atoms with Crippen molar-refractivity contribution in [1.29, 1.82) is 0 Å². The molecule has 1 aliphatic rings. The molecule has 1 unspecified atom stereocenters. The molecule has 0 aromatic heterocycles. The number of anilines is 1. The van der Waals surface area contributed by atoms with Gasteiger partial charge < -0.3 is 10.2 Å². The van der Waals surface area contributed by atoms with Crippen LogP contribution in [0.5, 0.6) is 0 Å². The fourth-order valence-corrected chi connectivity index (χ4v) is 7.49. The summed E-state index contributed by atoms with van der Waals surface area (Å²) in [5.41, 5.74) is 2.46. The van der Waals surface area contributed by atoms with Crippen LogP contribution in [0.1, 0.15) is 48.8 Å². The summed E-state index contributed by atoms with van der Waals surface area (Å²) in [6.45, 7) is 1.36. The molecule has 250 valence electrons. The van der Waals surface area contributed by atoms with Crippen molar-refractivity contribution >= 4 is 33.2 Å². The number of rotatable bonds is 13. The molecule has 11 heteroatoms. The third-order valence-electron chi connectivity index (χ3n) is 8.78. The first kappa shape index (κ1) is 34.3. The number of nitrogens with zero attached hydrogens (tertiary/aromatic N) is 3. The van der Waals surface area contributed by atoms with Crippen LogP contribution in [-0.2, 0) is 32.6 Å². The molecule has 1 fully saturated rings. The number of sulfonamides is 1. The summed E-state index contributed by atoms with van der Waals surface area (Å²) in [5, 5.41) is 14.6. The summed E-state index contributed by atoms with van der Waals surface area (Å²) in [7, 11) is -4.31. The van der Waals surface area contributed by atoms with Crippen LogP contribution in [0.25, 0.3) is 0 Å². The van der Waals surface area contributed by atoms with E-state index in [-0.39, 0.29) is 41.2 Å². The minimum atomic E-state index is -4.31. The molecule has 0 saturated heterocycles. The Morgan fingerprint density at radius 1 is 0.854 bits per heavy atom. The predicted molar refractivity (Wildman–Crippen MR) is 185 cm³/mol. The Balaban J connectivity index is 1.57. The zero-order valence-corrected chi connectivity index (χ0v) is 27.7. The highest BCUT2D eigenvalue weighted by Crippen LogP contribution is 2.27. The van der Waals surface area contributed by atoms with E-state index in [9.17, 15) is 28.1 Å². The number of aryl methyl sites for hydroxylation is 1. The first-order valence-electron chi connectivity index (χ1n) is 16.1. The van der Waals surface area contributed by atoms with Crippen LogP contribution >= 0.6 is 0 Å². The van der Waals surface area contributed by atoms with E-state index >= 15 is 0 Å². The molecule has 48 heavy (non-hydrogen) atoms. The van der Waals surface area contributed by atoms with E-state index in [2.05, 4.69) is 5.32 Å². The summed E-state index contributed by atoms with van der Waals surface area (Å²) in [4.78, 5) is 41.1. The minimum absolute atomic E-state index is 0.00463. The fraction of sp³-hybridized carbons (Fsp3) is 0.297. The Bertz CT molecular complexity index is 1810. The highest BCUT2D eigenvalue weighted by molar-refractivity contribution is 7.92. The van der Waals surface area contributed by atoms with Crippen molar-refractivity contribution in [3.63, 3.8) is 0 Å². The van der Waals surface area contributed by atoms with Gasteiger partial charge in [0.15, 0.2) is 0 Å². The van der Waals surface area contributed by atoms with E-state index in [4.69, 9.17) is 0 Å². The molecule has 0 radical (unpaired) electrons. The molecule has 1 aliphatic carbocycles. The number of nitro benzene ring substituents is 1. The van der Waals surface area contributed by atoms with Crippen LogP contribution in [0.4, 0.5) is 11.4 Å². The molecule has 4 aromatic carbocycles. The largest absolute Gasteiger partial charge is 0.352 e. The van der Waals surface area contributed by atoms with E-state index in [0.29, 0.717) is 0 Å². The van der Waals surface area contributed by atoms with Crippen molar-refractivity contribution in [3.05, 3.63) is 136 Å². The molecular weight excluding hydrogens is 628 g/mol. The molecule has 5 rings (SSSR count). The molecule has 0 bridgehead atoms. The number of carbonyl (C=O) groups is 2. The van der Waals surface area contributed by atoms with Gasteiger partial charge >= 0.3 is 0 Å². The van der Waals surface area contributed by atoms with Crippen LogP contribution in [0, 0.1) is 17.0 Å². The third kappa shape index (κ3) is 8.46. The molecule has 10 nitrogen and oxygen atoms in total. The lowest BCUT2D eigenvalue weighted by molar-refractivity contribution is -0.384. The molecule has 4 aromatic rings. The second kappa shape index (κ2) is 15.7. The van der Waals surface area contributed by atoms with E-state index in [1.165, 1.54) is 41.3 Å². The van der Waals surface area contributed by atoms with E-state index < -0.39 is 33.4 Å². The SMILES string of the molecule is Cc1ccccc1CN(C(=O)CN(c1ccc([N+](=O)[O-])cc1)S(=O)(=O)c1ccccc1)C(Cc1ccccc1)C(=O)NC1CCCCC1. The number of carbonyl (C=O) groups excluding carboxylic acids is 2. The molecular formula is C37H40N4O6S. The maximum absolute atomic E-state index is 14.7. The van der Waals surface area contributed by atoms with Gasteiger partial charge in [0.1, 0.15) is 12.6 Å². The lowest BCUT2D eigenvalue weighted by Crippen LogP contribution is -2.55. The van der Waals surface area contributed by atoms with E-state index in [0.717, 1.165) is 53.1 Å². The Morgan fingerprint density at radius 3 is 2.08 bits per heavy atom. The lowest BCUT2D eigenvalue weighted by atomic mass is 9.94. The Kier molecular flexibility index (Phi) is 11.2. The number of non-ortho nitro benzene ring substituents is 1. The van der Waals surface area contributed by atoms with Crippen LogP contribution in [-0.4, -0.2) is 48.7 Å². The molecule has 1 atom stereocenters. The third-order valence-corrected chi connectivity index (χ3v) is 10.6. The number of nitro groups is 1. The highest BCUT2D eigenvalue weighted by Gasteiger charge is 2.35. The predicted octanol–water partition coefficient (Wildman–Crippen LogP) is 6.19. The second-order valence-electron chi connectivity index (χ2n) is 12.1. The zero-order chi connectivity index (χ0) is 34.1. The first-order chi connectivity index (χ1) is 23.1. The van der Waals surface area contributed by atoms with Gasteiger partial charge in [0, 0.05) is 31.1 Å². The van der Waals surface area contributed by atoms with Crippen LogP contribution < -0.4 is 9.62 Å². The van der Waals surface area contributed by atoms with Gasteiger partial charge in [-0.05, 0) is 60.7 Å². The van der Waals surface area contributed by atoms with Gasteiger partial charge in [-0.1, -0.05) is 92.1 Å². The van der Waals surface area contributed by atoms with Gasteiger partial charge in [0.2, 0.25) is 11.8 Å². The van der Waals surface area contributed by atoms with E-state index in [1.807, 2.05) is 61.5 Å². The minimum Gasteiger partial charge on any atom is -0.352 e. The number of benzene rings is 4. The van der Waals surface area contributed by atoms with E-state index in [1.54, 1.807) is 18.2 Å². The summed E-state index contributed by atoms with van der Waals surface area (Å²) >= 11 is 0. The van der Waals surface area contributed by atoms with Crippen molar-refractivity contribution in [2.75, 3.05) is 10.8 Å². The quantitative estimate of drug-likeness (QED) is 0.134. The number of amides is 2. The van der Waals surface area contributed by atoms with Crippen molar-refractivity contribution in [2.45, 2.75) is 69.0 Å². The average Bonchev–Trinajstić information content (AvgIpc) is 3.10. The topological polar surface area (TPSA) is 130 Å². The molecule has 2 amide bonds. The van der Waals surface area contributed by atoms with Gasteiger partial charge in [-0.25, -0.2) is 8.42 Å². The van der Waals surface area contributed by atoms with Crippen LogP contribution in [0.2, 0.25) is 0 Å². The van der Waals surface area contributed by atoms with Gasteiger partial charge in [-0.15, -0.1) is 0 Å². The standard InChI is InChI=1S/C37H40N4O6S/c1-28-13-11-12-16-30(28)26-39(35(25-29-14-5-2-6-15-29)37(43)38-31-17-7-3-8-18-31)36(42)27-40(32-21-23-33(24-22-32)41(44)45)48(46,47)34-19-9-4-10-20-34/h2,4-6,9-16,19-24,31,35H,3,7-8,17-18,25-27H2,1H3,(H,38,43). The lowest BCUT2D eigenvalue weighted by Gasteiger charge is -2.35. The van der Waals surface area contributed by atoms with Crippen molar-refractivity contribution in [1.82, 2.24) is 10.2 Å². The number of nitrogens with one attached hydrogen (secondary N) is 1. The second-order valence-corrected chi connectivity index (χ2v) is 14.0. The Hall–Kier alpha value is -5.03. The van der Waals surface area contributed by atoms with Crippen LogP contribution in [0.15, 0.2) is 114 Å². The normalized spacial score (nSPS) is 14.1. The molecule has 1 N–H and O–H groups in total. The van der Waals surface area contributed by atoms with Gasteiger partial charge in [-0.3, -0.25) is 24.0 Å². The molecule has 0 heterocycles. The first-order valence-corrected chi connectivity index (χ1v) is 17.6. The van der Waals surface area contributed by atoms with Crippen LogP contribution in [0.3, 0.4) is 0 Å². The van der Waals surface area contributed by atoms with Crippen molar-refractivity contribution < 1.29 is 22.9 Å². The van der Waals surface area contributed by atoms with Gasteiger partial charge in [0.25, 0.3) is 15.7 Å². The summed E-state index contributed by atoms with van der Waals surface area (Å²) in [5.74, 6) is -0.878. The monoisotopic (exact) mass is 668 g/mol. The van der Waals surface area contributed by atoms with Gasteiger partial charge in [0.05, 0.1) is 15.5 Å². The Labute approximate surface area is 281 Å². The summed E-state index contributed by atoms with van der Waals surface area (Å²) in [6.07, 6.45) is 5.09. The Morgan fingerprint density at radius 2 is 1.46 bits per heavy atom.